The first kappa shape index (κ1) is 26.9. The molecule has 0 aliphatic rings. The highest BCUT2D eigenvalue weighted by Gasteiger charge is 2.19. The van der Waals surface area contributed by atoms with Gasteiger partial charge in [-0.05, 0) is 60.7 Å². The zero-order chi connectivity index (χ0) is 28.3. The maximum Gasteiger partial charge on any atom is 0.282 e. The van der Waals surface area contributed by atoms with Gasteiger partial charge in [-0.2, -0.15) is 9.78 Å². The van der Waals surface area contributed by atoms with Crippen LogP contribution in [0.1, 0.15) is 38.8 Å². The minimum atomic E-state index is -0.293. The molecule has 0 saturated heterocycles. The van der Waals surface area contributed by atoms with Crippen LogP contribution in [-0.4, -0.2) is 29.1 Å². The Morgan fingerprint density at radius 3 is 2.58 bits per heavy atom. The van der Waals surface area contributed by atoms with Gasteiger partial charge in [0, 0.05) is 10.9 Å². The molecule has 5 aromatic rings. The lowest BCUT2D eigenvalue weighted by atomic mass is 9.98. The fraction of sp³-hybridized carbons (Fsp3) is 0.242. The molecule has 0 atom stereocenters. The van der Waals surface area contributed by atoms with E-state index in [1.54, 1.807) is 12.3 Å². The lowest BCUT2D eigenvalue weighted by Crippen LogP contribution is -2.20. The van der Waals surface area contributed by atoms with E-state index in [4.69, 9.17) is 18.9 Å². The van der Waals surface area contributed by atoms with Gasteiger partial charge in [-0.15, -0.1) is 6.58 Å². The molecule has 0 spiro atoms. The Kier molecular flexibility index (Phi) is 7.56. The Labute approximate surface area is 233 Å². The molecule has 0 unspecified atom stereocenters. The van der Waals surface area contributed by atoms with Crippen molar-refractivity contribution in [2.45, 2.75) is 34.1 Å². The van der Waals surface area contributed by atoms with Crippen molar-refractivity contribution in [1.82, 2.24) is 9.66 Å². The number of furan rings is 1. The molecule has 0 N–H and O–H groups in total. The minimum absolute atomic E-state index is 0.0215. The molecule has 5 rings (SSSR count). The molecular formula is C33H33N3O4. The lowest BCUT2D eigenvalue weighted by molar-refractivity contribution is 0.187. The van der Waals surface area contributed by atoms with Crippen LogP contribution in [0.3, 0.4) is 0 Å². The smallest absolute Gasteiger partial charge is 0.282 e. The molecule has 2 aromatic heterocycles. The van der Waals surface area contributed by atoms with Gasteiger partial charge in [0.1, 0.15) is 5.58 Å². The Morgan fingerprint density at radius 1 is 1.05 bits per heavy atom. The van der Waals surface area contributed by atoms with E-state index < -0.39 is 0 Å². The molecule has 40 heavy (non-hydrogen) atoms. The Bertz CT molecular complexity index is 1740. The monoisotopic (exact) mass is 535 g/mol. The zero-order valence-corrected chi connectivity index (χ0v) is 23.3. The van der Waals surface area contributed by atoms with Gasteiger partial charge in [0.2, 0.25) is 5.82 Å². The highest BCUT2D eigenvalue weighted by molar-refractivity contribution is 5.85. The van der Waals surface area contributed by atoms with E-state index in [1.165, 1.54) is 4.68 Å². The largest absolute Gasteiger partial charge is 0.490 e. The maximum atomic E-state index is 13.6. The van der Waals surface area contributed by atoms with Crippen molar-refractivity contribution in [3.8, 4) is 23.1 Å². The first-order chi connectivity index (χ1) is 19.3. The van der Waals surface area contributed by atoms with E-state index in [-0.39, 0.29) is 11.0 Å². The summed E-state index contributed by atoms with van der Waals surface area (Å²) < 4.78 is 19.6. The van der Waals surface area contributed by atoms with Gasteiger partial charge in [-0.1, -0.05) is 57.2 Å². The van der Waals surface area contributed by atoms with Crippen molar-refractivity contribution in [2.24, 2.45) is 10.5 Å². The summed E-state index contributed by atoms with van der Waals surface area (Å²) in [6, 6.07) is 20.6. The molecule has 3 aromatic carbocycles. The number of aromatic nitrogens is 2. The van der Waals surface area contributed by atoms with Crippen molar-refractivity contribution in [3.63, 3.8) is 0 Å². The second-order valence-electron chi connectivity index (χ2n) is 10.7. The molecule has 204 valence electrons. The highest BCUT2D eigenvalue weighted by Crippen LogP contribution is 2.35. The van der Waals surface area contributed by atoms with Crippen LogP contribution in [-0.2, 0) is 6.42 Å². The molecule has 7 heteroatoms. The van der Waals surface area contributed by atoms with E-state index >= 15 is 0 Å². The van der Waals surface area contributed by atoms with Crippen molar-refractivity contribution >= 4 is 28.1 Å². The van der Waals surface area contributed by atoms with Crippen LogP contribution in [0.4, 0.5) is 0 Å². The number of allylic oxidation sites excluding steroid dienone is 1. The highest BCUT2D eigenvalue weighted by atomic mass is 16.5. The van der Waals surface area contributed by atoms with Gasteiger partial charge < -0.3 is 13.9 Å². The lowest BCUT2D eigenvalue weighted by Gasteiger charge is -2.22. The van der Waals surface area contributed by atoms with E-state index in [1.807, 2.05) is 73.7 Å². The van der Waals surface area contributed by atoms with E-state index in [0.29, 0.717) is 59.2 Å². The topological polar surface area (TPSA) is 78.9 Å². The van der Waals surface area contributed by atoms with E-state index in [2.05, 4.69) is 32.5 Å². The van der Waals surface area contributed by atoms with Crippen LogP contribution in [0, 0.1) is 5.41 Å². The molecular weight excluding hydrogens is 502 g/mol. The summed E-state index contributed by atoms with van der Waals surface area (Å²) in [5.74, 6) is 2.09. The average Bonchev–Trinajstić information content (AvgIpc) is 3.36. The Hall–Kier alpha value is -4.65. The third-order valence-corrected chi connectivity index (χ3v) is 6.19. The summed E-state index contributed by atoms with van der Waals surface area (Å²) in [5.41, 5.74) is 2.64. The normalized spacial score (nSPS) is 11.9. The second-order valence-corrected chi connectivity index (χ2v) is 10.7. The summed E-state index contributed by atoms with van der Waals surface area (Å²) in [6.07, 6.45) is 4.04. The number of hydrogen-bond acceptors (Lipinski definition) is 6. The van der Waals surface area contributed by atoms with Crippen LogP contribution in [0.5, 0.6) is 11.5 Å². The zero-order valence-electron chi connectivity index (χ0n) is 23.3. The van der Waals surface area contributed by atoms with Gasteiger partial charge in [0.25, 0.3) is 5.56 Å². The third-order valence-electron chi connectivity index (χ3n) is 6.19. The number of ether oxygens (including phenoxy) is 2. The maximum absolute atomic E-state index is 13.6. The molecule has 2 heterocycles. The van der Waals surface area contributed by atoms with Crippen LogP contribution >= 0.6 is 0 Å². The number of rotatable bonds is 9. The van der Waals surface area contributed by atoms with Crippen LogP contribution in [0.2, 0.25) is 0 Å². The summed E-state index contributed by atoms with van der Waals surface area (Å²) in [6.45, 7) is 13.2. The fourth-order valence-corrected chi connectivity index (χ4v) is 4.39. The molecule has 7 nitrogen and oxygen atoms in total. The van der Waals surface area contributed by atoms with Crippen LogP contribution in [0.15, 0.2) is 93.7 Å². The predicted molar refractivity (Wildman–Crippen MR) is 161 cm³/mol. The SMILES string of the molecule is C=CCc1cc(C=Nn2c(-c3cc4ccccc4o3)nc3ccccc3c2=O)cc(OCC)c1OCC(C)(C)C. The Morgan fingerprint density at radius 2 is 1.82 bits per heavy atom. The number of para-hydroxylation sites is 2. The molecule has 0 aliphatic carbocycles. The number of nitrogens with zero attached hydrogens (tertiary/aromatic N) is 3. The van der Waals surface area contributed by atoms with E-state index in [0.717, 1.165) is 16.5 Å². The third kappa shape index (κ3) is 5.69. The standard InChI is InChI=1S/C33H33N3O4/c1-6-12-24-17-22(18-28(38-7-2)30(24)39-21-33(3,4)5)20-34-36-31(29-19-23-13-8-11-16-27(23)40-29)35-26-15-10-9-14-25(26)32(36)37/h6,8-11,13-20H,1,7,12,21H2,2-5H3. The molecule has 0 aliphatic heterocycles. The van der Waals surface area contributed by atoms with Crippen LogP contribution < -0.4 is 15.0 Å². The summed E-state index contributed by atoms with van der Waals surface area (Å²) in [4.78, 5) is 18.4. The number of hydrogen-bond donors (Lipinski definition) is 0. The van der Waals surface area contributed by atoms with Gasteiger partial charge in [-0.25, -0.2) is 4.98 Å². The molecule has 0 radical (unpaired) electrons. The predicted octanol–water partition coefficient (Wildman–Crippen LogP) is 7.24. The molecule has 0 fully saturated rings. The van der Waals surface area contributed by atoms with Gasteiger partial charge in [-0.3, -0.25) is 4.79 Å². The van der Waals surface area contributed by atoms with Crippen LogP contribution in [0.25, 0.3) is 33.5 Å². The number of benzene rings is 3. The number of fused-ring (bicyclic) bond motifs is 2. The summed E-state index contributed by atoms with van der Waals surface area (Å²) in [5, 5.41) is 6.00. The quantitative estimate of drug-likeness (QED) is 0.147. The van der Waals surface area contributed by atoms with Crippen molar-refractivity contribution in [2.75, 3.05) is 13.2 Å². The van der Waals surface area contributed by atoms with Gasteiger partial charge in [0.05, 0.1) is 30.3 Å². The van der Waals surface area contributed by atoms with Crippen molar-refractivity contribution < 1.29 is 13.9 Å². The first-order valence-electron chi connectivity index (χ1n) is 13.4. The van der Waals surface area contributed by atoms with Gasteiger partial charge >= 0.3 is 0 Å². The Balaban J connectivity index is 1.64. The molecule has 0 amide bonds. The van der Waals surface area contributed by atoms with Gasteiger partial charge in [0.15, 0.2) is 17.3 Å². The average molecular weight is 536 g/mol. The first-order valence-corrected chi connectivity index (χ1v) is 13.4. The summed E-state index contributed by atoms with van der Waals surface area (Å²) in [7, 11) is 0. The summed E-state index contributed by atoms with van der Waals surface area (Å²) >= 11 is 0. The fourth-order valence-electron chi connectivity index (χ4n) is 4.39. The second kappa shape index (κ2) is 11.2. The molecule has 0 bridgehead atoms. The van der Waals surface area contributed by atoms with Crippen molar-refractivity contribution in [1.29, 1.82) is 0 Å². The minimum Gasteiger partial charge on any atom is -0.490 e. The van der Waals surface area contributed by atoms with E-state index in [9.17, 15) is 4.79 Å². The molecule has 0 saturated carbocycles. The van der Waals surface area contributed by atoms with Crippen molar-refractivity contribution in [3.05, 3.63) is 101 Å².